The van der Waals surface area contributed by atoms with Crippen molar-refractivity contribution in [3.63, 3.8) is 0 Å². The molecule has 17 heavy (non-hydrogen) atoms. The molecular weight excluding hydrogens is 256 g/mol. The molecular formula is C12H15ClN2OS. The van der Waals surface area contributed by atoms with Gasteiger partial charge in [0.05, 0.1) is 10.8 Å². The molecule has 92 valence electrons. The largest absolute Gasteiger partial charge is 0.398 e. The molecule has 5 heteroatoms. The van der Waals surface area contributed by atoms with Crippen LogP contribution in [0.2, 0.25) is 5.02 Å². The van der Waals surface area contributed by atoms with Crippen LogP contribution < -0.4 is 5.73 Å². The van der Waals surface area contributed by atoms with Crippen LogP contribution in [0.3, 0.4) is 0 Å². The Bertz CT molecular complexity index is 399. The monoisotopic (exact) mass is 270 g/mol. The fourth-order valence-electron chi connectivity index (χ4n) is 1.87. The first-order valence-electron chi connectivity index (χ1n) is 5.63. The van der Waals surface area contributed by atoms with E-state index in [1.807, 2.05) is 11.0 Å². The average Bonchev–Trinajstić information content (AvgIpc) is 2.81. The molecule has 0 aromatic heterocycles. The quantitative estimate of drug-likeness (QED) is 0.678. The van der Waals surface area contributed by atoms with E-state index >= 15 is 0 Å². The predicted octanol–water partition coefficient (Wildman–Crippen LogP) is 2.64. The standard InChI is InChI=1S/C12H15ClN2OS/c13-9-4-3-5-10(14)12(9)17-8-11(16)15-6-1-2-7-15/h3-5H,1-2,6-8,14H2. The summed E-state index contributed by atoms with van der Waals surface area (Å²) < 4.78 is 0. The number of benzene rings is 1. The van der Waals surface area contributed by atoms with Gasteiger partial charge in [-0.3, -0.25) is 4.79 Å². The number of hydrogen-bond acceptors (Lipinski definition) is 3. The van der Waals surface area contributed by atoms with E-state index in [9.17, 15) is 4.79 Å². The van der Waals surface area contributed by atoms with Crippen molar-refractivity contribution >= 4 is 35.0 Å². The third-order valence-corrected chi connectivity index (χ3v) is 4.36. The molecule has 0 radical (unpaired) electrons. The summed E-state index contributed by atoms with van der Waals surface area (Å²) in [6.45, 7) is 1.77. The van der Waals surface area contributed by atoms with E-state index in [2.05, 4.69) is 0 Å². The number of hydrogen-bond donors (Lipinski definition) is 1. The van der Waals surface area contributed by atoms with Crippen LogP contribution in [0.1, 0.15) is 12.8 Å². The SMILES string of the molecule is Nc1cccc(Cl)c1SCC(=O)N1CCCC1. The Hall–Kier alpha value is -0.870. The third-order valence-electron chi connectivity index (χ3n) is 2.80. The number of amides is 1. The topological polar surface area (TPSA) is 46.3 Å². The molecule has 1 fully saturated rings. The Kier molecular flexibility index (Phi) is 4.18. The van der Waals surface area contributed by atoms with Crippen LogP contribution >= 0.6 is 23.4 Å². The van der Waals surface area contributed by atoms with Crippen molar-refractivity contribution < 1.29 is 4.79 Å². The zero-order chi connectivity index (χ0) is 12.3. The number of thioether (sulfide) groups is 1. The number of anilines is 1. The van der Waals surface area contributed by atoms with Crippen LogP contribution in [-0.2, 0) is 4.79 Å². The Morgan fingerprint density at radius 2 is 2.12 bits per heavy atom. The molecule has 0 spiro atoms. The minimum atomic E-state index is 0.173. The molecule has 0 unspecified atom stereocenters. The zero-order valence-corrected chi connectivity index (χ0v) is 11.1. The van der Waals surface area contributed by atoms with Crippen LogP contribution in [0.4, 0.5) is 5.69 Å². The summed E-state index contributed by atoms with van der Waals surface area (Å²) in [6, 6.07) is 5.40. The van der Waals surface area contributed by atoms with Crippen molar-refractivity contribution in [3.05, 3.63) is 23.2 Å². The van der Waals surface area contributed by atoms with Crippen LogP contribution in [0, 0.1) is 0 Å². The summed E-state index contributed by atoms with van der Waals surface area (Å²) in [5.74, 6) is 0.584. The summed E-state index contributed by atoms with van der Waals surface area (Å²) in [7, 11) is 0. The van der Waals surface area contributed by atoms with E-state index in [0.29, 0.717) is 16.5 Å². The van der Waals surface area contributed by atoms with E-state index in [1.54, 1.807) is 12.1 Å². The molecule has 0 aliphatic carbocycles. The van der Waals surface area contributed by atoms with Crippen molar-refractivity contribution in [1.82, 2.24) is 4.90 Å². The van der Waals surface area contributed by atoms with E-state index in [4.69, 9.17) is 17.3 Å². The van der Waals surface area contributed by atoms with Crippen LogP contribution in [-0.4, -0.2) is 29.6 Å². The Morgan fingerprint density at radius 3 is 2.76 bits per heavy atom. The van der Waals surface area contributed by atoms with Gasteiger partial charge in [-0.2, -0.15) is 0 Å². The third kappa shape index (κ3) is 3.07. The molecule has 0 bridgehead atoms. The van der Waals surface area contributed by atoms with Gasteiger partial charge in [-0.05, 0) is 25.0 Å². The van der Waals surface area contributed by atoms with Gasteiger partial charge in [0.15, 0.2) is 0 Å². The number of nitrogens with two attached hydrogens (primary N) is 1. The maximum atomic E-state index is 11.9. The van der Waals surface area contributed by atoms with Crippen molar-refractivity contribution in [2.45, 2.75) is 17.7 Å². The number of nitrogens with zero attached hydrogens (tertiary/aromatic N) is 1. The second-order valence-electron chi connectivity index (χ2n) is 4.03. The van der Waals surface area contributed by atoms with E-state index < -0.39 is 0 Å². The normalized spacial score (nSPS) is 15.2. The molecule has 2 N–H and O–H groups in total. The lowest BCUT2D eigenvalue weighted by atomic mass is 10.3. The van der Waals surface area contributed by atoms with Gasteiger partial charge in [-0.15, -0.1) is 11.8 Å². The van der Waals surface area contributed by atoms with Gasteiger partial charge in [0.1, 0.15) is 0 Å². The summed E-state index contributed by atoms with van der Waals surface area (Å²) in [5, 5.41) is 0.615. The number of halogens is 1. The highest BCUT2D eigenvalue weighted by molar-refractivity contribution is 8.00. The average molecular weight is 271 g/mol. The van der Waals surface area contributed by atoms with Gasteiger partial charge >= 0.3 is 0 Å². The Labute approximate surface area is 110 Å². The fourth-order valence-corrected chi connectivity index (χ4v) is 3.11. The van der Waals surface area contributed by atoms with Gasteiger partial charge in [-0.1, -0.05) is 17.7 Å². The second kappa shape index (κ2) is 5.65. The highest BCUT2D eigenvalue weighted by Crippen LogP contribution is 2.32. The molecule has 0 saturated carbocycles. The van der Waals surface area contributed by atoms with E-state index in [1.165, 1.54) is 11.8 Å². The van der Waals surface area contributed by atoms with Crippen molar-refractivity contribution in [2.75, 3.05) is 24.6 Å². The number of carbonyl (C=O) groups excluding carboxylic acids is 1. The molecule has 1 heterocycles. The molecule has 1 aliphatic rings. The Morgan fingerprint density at radius 1 is 1.41 bits per heavy atom. The van der Waals surface area contributed by atoms with Crippen LogP contribution in [0.15, 0.2) is 23.1 Å². The fraction of sp³-hybridized carbons (Fsp3) is 0.417. The molecule has 0 atom stereocenters. The second-order valence-corrected chi connectivity index (χ2v) is 5.43. The lowest BCUT2D eigenvalue weighted by Crippen LogP contribution is -2.29. The predicted molar refractivity (Wildman–Crippen MR) is 72.4 cm³/mol. The number of carbonyl (C=O) groups is 1. The first-order chi connectivity index (χ1) is 8.18. The van der Waals surface area contributed by atoms with Gasteiger partial charge in [-0.25, -0.2) is 0 Å². The first kappa shape index (κ1) is 12.6. The summed E-state index contributed by atoms with van der Waals surface area (Å²) in [4.78, 5) is 14.6. The summed E-state index contributed by atoms with van der Waals surface area (Å²) in [6.07, 6.45) is 2.23. The zero-order valence-electron chi connectivity index (χ0n) is 9.49. The summed E-state index contributed by atoms with van der Waals surface area (Å²) >= 11 is 7.47. The van der Waals surface area contributed by atoms with Gasteiger partial charge in [0.2, 0.25) is 5.91 Å². The molecule has 3 nitrogen and oxygen atoms in total. The van der Waals surface area contributed by atoms with Crippen molar-refractivity contribution in [3.8, 4) is 0 Å². The molecule has 1 aliphatic heterocycles. The number of nitrogen functional groups attached to an aromatic ring is 1. The van der Waals surface area contributed by atoms with Gasteiger partial charge in [0, 0.05) is 23.7 Å². The summed E-state index contributed by atoms with van der Waals surface area (Å²) in [5.41, 5.74) is 6.47. The number of likely N-dealkylation sites (tertiary alicyclic amines) is 1. The van der Waals surface area contributed by atoms with E-state index in [0.717, 1.165) is 30.8 Å². The highest BCUT2D eigenvalue weighted by atomic mass is 35.5. The minimum Gasteiger partial charge on any atom is -0.398 e. The Balaban J connectivity index is 1.95. The lowest BCUT2D eigenvalue weighted by molar-refractivity contribution is -0.127. The van der Waals surface area contributed by atoms with Crippen molar-refractivity contribution in [2.24, 2.45) is 0 Å². The first-order valence-corrected chi connectivity index (χ1v) is 6.99. The highest BCUT2D eigenvalue weighted by Gasteiger charge is 2.18. The van der Waals surface area contributed by atoms with Gasteiger partial charge < -0.3 is 10.6 Å². The van der Waals surface area contributed by atoms with Crippen molar-refractivity contribution in [1.29, 1.82) is 0 Å². The smallest absolute Gasteiger partial charge is 0.232 e. The number of rotatable bonds is 3. The molecule has 1 aromatic rings. The van der Waals surface area contributed by atoms with Gasteiger partial charge in [0.25, 0.3) is 0 Å². The van der Waals surface area contributed by atoms with Crippen LogP contribution in [0.5, 0.6) is 0 Å². The maximum absolute atomic E-state index is 11.9. The molecule has 1 aromatic carbocycles. The van der Waals surface area contributed by atoms with Crippen LogP contribution in [0.25, 0.3) is 0 Å². The molecule has 2 rings (SSSR count). The lowest BCUT2D eigenvalue weighted by Gasteiger charge is -2.15. The maximum Gasteiger partial charge on any atom is 0.232 e. The van der Waals surface area contributed by atoms with E-state index in [-0.39, 0.29) is 5.91 Å². The minimum absolute atomic E-state index is 0.173. The molecule has 1 saturated heterocycles. The molecule has 1 amide bonds.